The number of hydrogen-bond acceptors (Lipinski definition) is 22. The van der Waals surface area contributed by atoms with Gasteiger partial charge in [-0.05, 0) is 77.9 Å². The quantitative estimate of drug-likeness (QED) is 0.00778. The van der Waals surface area contributed by atoms with Gasteiger partial charge in [-0.15, -0.1) is 0 Å². The zero-order valence-electron chi connectivity index (χ0n) is 54.7. The van der Waals surface area contributed by atoms with E-state index in [-0.39, 0.29) is 154 Å². The number of carbonyl (C=O) groups is 7. The molecule has 0 bridgehead atoms. The first-order valence-corrected chi connectivity index (χ1v) is 33.7. The Labute approximate surface area is 615 Å². The predicted octanol–water partition coefficient (Wildman–Crippen LogP) is -6.28. The van der Waals surface area contributed by atoms with E-state index >= 15 is 0 Å². The molecule has 0 radical (unpaired) electrons. The number of carboxylic acids is 1. The maximum atomic E-state index is 13.1. The normalized spacial score (nSPS) is 22.2. The molecule has 5 amide bonds. The van der Waals surface area contributed by atoms with Crippen LogP contribution in [0.15, 0.2) is 133 Å². The minimum Gasteiger partial charge on any atom is -0.870 e. The van der Waals surface area contributed by atoms with Gasteiger partial charge in [-0.25, -0.2) is 6.29 Å². The van der Waals surface area contributed by atoms with E-state index in [1.807, 2.05) is 60.7 Å². The molecular formula is C67H80N5Na2O22S2-. The number of carboxylic acid groups (broad SMARTS) is 1. The van der Waals surface area contributed by atoms with Gasteiger partial charge in [-0.2, -0.15) is 0 Å². The molecule has 0 spiro atoms. The van der Waals surface area contributed by atoms with Crippen LogP contribution in [0.3, 0.4) is 0 Å². The Hall–Kier alpha value is -5.88. The van der Waals surface area contributed by atoms with Crippen LogP contribution in [-0.2, 0) is 59.7 Å². The van der Waals surface area contributed by atoms with Crippen LogP contribution in [0, 0.1) is 0 Å². The molecule has 2 fully saturated rings. The van der Waals surface area contributed by atoms with Crippen molar-refractivity contribution in [2.45, 2.75) is 125 Å². The summed E-state index contributed by atoms with van der Waals surface area (Å²) in [6, 6.07) is 35.2. The smallest absolute Gasteiger partial charge is 0.870 e. The molecule has 12 N–H and O–H groups in total. The van der Waals surface area contributed by atoms with Gasteiger partial charge < -0.3 is 96.3 Å². The number of ketones is 1. The van der Waals surface area contributed by atoms with Crippen LogP contribution in [0.1, 0.15) is 93.8 Å². The molecule has 2 aliphatic rings. The van der Waals surface area contributed by atoms with Crippen molar-refractivity contribution in [2.75, 3.05) is 55.9 Å². The van der Waals surface area contributed by atoms with Gasteiger partial charge in [-0.1, -0.05) is 97.1 Å². The summed E-state index contributed by atoms with van der Waals surface area (Å²) in [6.45, 7) is 0.564. The number of hydrogen-bond donors (Lipinski definition) is 11. The number of benzene rings is 5. The third kappa shape index (κ3) is 24.4. The van der Waals surface area contributed by atoms with E-state index in [2.05, 4.69) is 26.6 Å². The molecule has 5 aromatic carbocycles. The minimum atomic E-state index is -2.70. The number of Topliss-reactive ketones (excluding diaryl/α,β-unsaturated/α-hetero) is 1. The van der Waals surface area contributed by atoms with E-state index in [0.717, 1.165) is 36.1 Å². The van der Waals surface area contributed by atoms with Crippen LogP contribution < -0.4 is 90.8 Å². The average molecular weight is 1420 g/mol. The summed E-state index contributed by atoms with van der Waals surface area (Å²) in [5.41, 5.74) is 4.58. The number of aliphatic hydroxyl groups excluding tert-OH is 6. The summed E-state index contributed by atoms with van der Waals surface area (Å²) >= 11 is 0. The summed E-state index contributed by atoms with van der Waals surface area (Å²) in [6.07, 6.45) is -13.5. The van der Waals surface area contributed by atoms with E-state index in [9.17, 15) is 82.5 Å². The fraction of sp³-hybridized carbons (Fsp3) is 0.433. The summed E-state index contributed by atoms with van der Waals surface area (Å²) in [4.78, 5) is 101. The van der Waals surface area contributed by atoms with E-state index in [4.69, 9.17) is 18.9 Å². The maximum absolute atomic E-state index is 13.1. The molecule has 98 heavy (non-hydrogen) atoms. The number of nitrogens with one attached hydrogen (secondary N) is 5. The molecule has 7 rings (SSSR count). The Morgan fingerprint density at radius 2 is 0.939 bits per heavy atom. The molecule has 5 aromatic rings. The Morgan fingerprint density at radius 3 is 1.39 bits per heavy atom. The van der Waals surface area contributed by atoms with Crippen molar-refractivity contribution in [1.29, 1.82) is 0 Å². The van der Waals surface area contributed by atoms with Crippen molar-refractivity contribution >= 4 is 69.2 Å². The topological polar surface area (TPSA) is 442 Å². The molecule has 31 heteroatoms. The van der Waals surface area contributed by atoms with Crippen molar-refractivity contribution < 1.29 is 166 Å². The van der Waals surface area contributed by atoms with E-state index in [1.165, 1.54) is 24.3 Å². The van der Waals surface area contributed by atoms with Gasteiger partial charge in [-0.3, -0.25) is 37.2 Å². The van der Waals surface area contributed by atoms with Crippen molar-refractivity contribution in [1.82, 2.24) is 26.6 Å². The first kappa shape index (κ1) is 84.5. The van der Waals surface area contributed by atoms with Crippen LogP contribution in [-0.4, -0.2) is 220 Å². The number of carbonyl (C=O) groups excluding carboxylic acids is 8. The fourth-order valence-electron chi connectivity index (χ4n) is 10.8. The van der Waals surface area contributed by atoms with Crippen molar-refractivity contribution in [3.63, 3.8) is 0 Å². The summed E-state index contributed by atoms with van der Waals surface area (Å²) in [7, 11) is -3.03. The largest absolute Gasteiger partial charge is 1.00 e. The summed E-state index contributed by atoms with van der Waals surface area (Å²) in [5.74, 6) is -10.1. The second-order valence-corrected chi connectivity index (χ2v) is 26.3. The zero-order chi connectivity index (χ0) is 68.8. The average Bonchev–Trinajstić information content (AvgIpc) is 0.777. The number of ether oxygens (including phenoxy) is 4. The number of rotatable bonds is 35. The van der Waals surface area contributed by atoms with Gasteiger partial charge in [0.25, 0.3) is 17.7 Å². The summed E-state index contributed by atoms with van der Waals surface area (Å²) < 4.78 is 48.8. The van der Waals surface area contributed by atoms with Crippen LogP contribution >= 0.6 is 0 Å². The Bertz CT molecular complexity index is 3460. The Morgan fingerprint density at radius 1 is 0.551 bits per heavy atom. The van der Waals surface area contributed by atoms with Crippen LogP contribution in [0.4, 0.5) is 0 Å². The minimum absolute atomic E-state index is 0. The first-order valence-electron chi connectivity index (χ1n) is 30.8. The number of amides is 5. The molecule has 0 aliphatic carbocycles. The third-order valence-electron chi connectivity index (χ3n) is 15.8. The molecule has 520 valence electrons. The molecule has 2 saturated heterocycles. The second kappa shape index (κ2) is 41.1. The molecule has 2 unspecified atom stereocenters. The van der Waals surface area contributed by atoms with E-state index in [0.29, 0.717) is 0 Å². The predicted molar refractivity (Wildman–Crippen MR) is 346 cm³/mol. The Balaban J connectivity index is 0.00000680. The molecule has 2 heterocycles. The van der Waals surface area contributed by atoms with Crippen molar-refractivity contribution in [3.05, 3.63) is 156 Å². The Kier molecular flexibility index (Phi) is 35.5. The van der Waals surface area contributed by atoms with Gasteiger partial charge in [0.15, 0.2) is 5.78 Å². The van der Waals surface area contributed by atoms with E-state index < -0.39 is 162 Å². The third-order valence-corrected chi connectivity index (χ3v) is 18.7. The van der Waals surface area contributed by atoms with Crippen molar-refractivity contribution in [2.24, 2.45) is 0 Å². The molecule has 2 aliphatic heterocycles. The number of aliphatic hydroxyl groups is 6. The van der Waals surface area contributed by atoms with Crippen LogP contribution in [0.25, 0.3) is 22.3 Å². The second-order valence-electron chi connectivity index (χ2n) is 22.9. The maximum Gasteiger partial charge on any atom is 1.00 e. The van der Waals surface area contributed by atoms with Gasteiger partial charge in [0, 0.05) is 126 Å². The molecule has 14 atom stereocenters. The summed E-state index contributed by atoms with van der Waals surface area (Å²) in [5, 5.41) is 92.0. The van der Waals surface area contributed by atoms with Crippen molar-refractivity contribution in [3.8, 4) is 22.3 Å². The van der Waals surface area contributed by atoms with Gasteiger partial charge in [0.1, 0.15) is 30.4 Å². The van der Waals surface area contributed by atoms with Crippen LogP contribution in [0.5, 0.6) is 0 Å². The fourth-order valence-corrected chi connectivity index (χ4v) is 12.9. The van der Waals surface area contributed by atoms with Gasteiger partial charge in [0.05, 0.1) is 48.9 Å². The molecular weight excluding hydrogens is 1340 g/mol. The molecule has 0 aromatic heterocycles. The zero-order valence-corrected chi connectivity index (χ0v) is 60.3. The van der Waals surface area contributed by atoms with Gasteiger partial charge in [0.2, 0.25) is 17.6 Å². The van der Waals surface area contributed by atoms with E-state index in [1.54, 1.807) is 54.8 Å². The van der Waals surface area contributed by atoms with Gasteiger partial charge >= 0.3 is 59.1 Å². The SMILES string of the molecule is CC(=O)N[C@H]1[C@H]([C@H](O)[C@H](O)CNC(=O)c2ccc(-c3ccccc3)cc2)O[C@]([C-]=O)(OCCCS(=O)CCNC(=O)c2ccc(C(=O)CCCS(=O)CCCO[C@]3(C(=O)[O-])C[C@H](O)[C@@H](NC(C)=O)[C@H]([C@H](O)[C@H](O)CNC(=O)c4ccc(-c5ccccc5)cc4)O3)cc2)C[C@@H]1O.[Na+].[Na+].[OH-]. The standard InChI is InChI=1S/C67H80N5O21S2.2Na.H2O/c1-41(74)71-56-52(77)36-66(40-73,92-60(56)58(81)54(79)38-69-63(84)49-23-17-45(18-24-49)43-12-5-3-6-13-43)90-30-10-34-95(89)35-29-68-62(83)48-27-21-47(22-28-48)51(76)16-9-32-94(88)33-11-31-91-67(65(86)87)37-53(78)57(72-42(2)75)61(93-67)59(82)55(80)39-70-64(85)50-25-19-46(20-26-50)44-14-7-4-8-15-44;;;/h3-8,12-15,17-28,52-61,77-82H,9-11,16,29-39H2,1-2H3,(H,68,83)(H,69,84)(H,70,85)(H,71,74)(H,72,75)(H,86,87);;;1H2/q-1;2*+1;/p-2/t52-,53-,54+,55+,56+,57+,58+,59+,60+,61+,66+,67+,94?,95?;;;/m0.../s1. The molecule has 27 nitrogen and oxygen atoms in total. The first-order chi connectivity index (χ1) is 45.4. The van der Waals surface area contributed by atoms with Crippen LogP contribution in [0.2, 0.25) is 0 Å². The monoisotopic (exact) mass is 1420 g/mol. The molecule has 0 saturated carbocycles. The number of aliphatic carboxylic acids is 1.